The zero-order valence-electron chi connectivity index (χ0n) is 7.49. The van der Waals surface area contributed by atoms with Gasteiger partial charge in [0.2, 0.25) is 0 Å². The van der Waals surface area contributed by atoms with E-state index in [9.17, 15) is 0 Å². The van der Waals surface area contributed by atoms with E-state index in [2.05, 4.69) is 41.9 Å². The van der Waals surface area contributed by atoms with Crippen molar-refractivity contribution in [2.75, 3.05) is 0 Å². The summed E-state index contributed by atoms with van der Waals surface area (Å²) in [5.41, 5.74) is 2.61. The lowest BCUT2D eigenvalue weighted by Crippen LogP contribution is -2.35. The fourth-order valence-corrected chi connectivity index (χ4v) is 1.38. The molecule has 0 saturated carbocycles. The van der Waals surface area contributed by atoms with E-state index in [0.717, 1.165) is 6.54 Å². The molecule has 0 unspecified atom stereocenters. The molecular formula is C10H13N2+. The zero-order valence-corrected chi connectivity index (χ0v) is 7.49. The van der Waals surface area contributed by atoms with Gasteiger partial charge in [-0.05, 0) is 19.4 Å². The first-order valence-electron chi connectivity index (χ1n) is 4.31. The quantitative estimate of drug-likeness (QED) is 0.555. The van der Waals surface area contributed by atoms with Crippen molar-refractivity contribution in [3.8, 4) is 0 Å². The predicted octanol–water partition coefficient (Wildman–Crippen LogP) is 1.49. The molecule has 0 bridgehead atoms. The van der Waals surface area contributed by atoms with E-state index in [1.54, 1.807) is 0 Å². The van der Waals surface area contributed by atoms with Gasteiger partial charge in [-0.3, -0.25) is 4.99 Å². The molecule has 1 aliphatic rings. The number of pyridine rings is 1. The Bertz CT molecular complexity index is 327. The van der Waals surface area contributed by atoms with E-state index in [0.29, 0.717) is 6.04 Å². The summed E-state index contributed by atoms with van der Waals surface area (Å²) in [4.78, 5) is 4.21. The molecule has 0 amide bonds. The molecule has 62 valence electrons. The minimum Gasteiger partial charge on any atom is -0.288 e. The molecule has 2 heterocycles. The summed E-state index contributed by atoms with van der Waals surface area (Å²) < 4.78 is 2.20. The van der Waals surface area contributed by atoms with Crippen molar-refractivity contribution in [3.05, 3.63) is 29.6 Å². The molecular weight excluding hydrogens is 148 g/mol. The summed E-state index contributed by atoms with van der Waals surface area (Å²) >= 11 is 0. The lowest BCUT2D eigenvalue weighted by atomic mass is 10.2. The van der Waals surface area contributed by atoms with Gasteiger partial charge in [0.1, 0.15) is 0 Å². The number of hydrogen-bond acceptors (Lipinski definition) is 1. The highest BCUT2D eigenvalue weighted by Gasteiger charge is 2.12. The van der Waals surface area contributed by atoms with Gasteiger partial charge in [-0.25, -0.2) is 4.57 Å². The normalized spacial score (nSPS) is 13.9. The van der Waals surface area contributed by atoms with Crippen LogP contribution in [0.15, 0.2) is 23.5 Å². The van der Waals surface area contributed by atoms with Gasteiger partial charge in [0.25, 0.3) is 0 Å². The summed E-state index contributed by atoms with van der Waals surface area (Å²) in [7, 11) is 0. The van der Waals surface area contributed by atoms with Crippen LogP contribution in [-0.2, 0) is 6.54 Å². The molecule has 1 aromatic heterocycles. The van der Waals surface area contributed by atoms with E-state index in [-0.39, 0.29) is 0 Å². The maximum Gasteiger partial charge on any atom is 0.178 e. The Hall–Kier alpha value is -1.18. The molecule has 2 rings (SSSR count). The van der Waals surface area contributed by atoms with Gasteiger partial charge < -0.3 is 0 Å². The lowest BCUT2D eigenvalue weighted by molar-refractivity contribution is -0.716. The summed E-state index contributed by atoms with van der Waals surface area (Å²) in [6, 6.07) is 2.69. The molecule has 1 aliphatic heterocycles. The highest BCUT2D eigenvalue weighted by Crippen LogP contribution is 2.11. The fraction of sp³-hybridized carbons (Fsp3) is 0.400. The Morgan fingerprint density at radius 1 is 1.50 bits per heavy atom. The van der Waals surface area contributed by atoms with Crippen LogP contribution in [0.3, 0.4) is 0 Å². The van der Waals surface area contributed by atoms with E-state index >= 15 is 0 Å². The van der Waals surface area contributed by atoms with Crippen molar-refractivity contribution >= 4 is 6.21 Å². The Balaban J connectivity index is 2.44. The lowest BCUT2D eigenvalue weighted by Gasteiger charge is -2.00. The van der Waals surface area contributed by atoms with E-state index in [4.69, 9.17) is 0 Å². The van der Waals surface area contributed by atoms with Crippen molar-refractivity contribution < 1.29 is 4.57 Å². The third-order valence-electron chi connectivity index (χ3n) is 2.20. The van der Waals surface area contributed by atoms with Crippen molar-refractivity contribution in [3.63, 3.8) is 0 Å². The topological polar surface area (TPSA) is 16.2 Å². The monoisotopic (exact) mass is 161 g/mol. The van der Waals surface area contributed by atoms with Gasteiger partial charge in [0.05, 0.1) is 12.1 Å². The Morgan fingerprint density at radius 2 is 2.33 bits per heavy atom. The average Bonchev–Trinajstić information content (AvgIpc) is 2.49. The van der Waals surface area contributed by atoms with Crippen LogP contribution in [0.5, 0.6) is 0 Å². The molecule has 0 fully saturated rings. The van der Waals surface area contributed by atoms with Crippen LogP contribution in [-0.4, -0.2) is 6.21 Å². The minimum absolute atomic E-state index is 0.532. The van der Waals surface area contributed by atoms with Crippen LogP contribution in [0.1, 0.15) is 31.0 Å². The third kappa shape index (κ3) is 1.13. The first-order chi connectivity index (χ1) is 5.77. The Morgan fingerprint density at radius 3 is 3.08 bits per heavy atom. The van der Waals surface area contributed by atoms with Gasteiger partial charge in [0, 0.05) is 12.3 Å². The Kier molecular flexibility index (Phi) is 1.68. The van der Waals surface area contributed by atoms with Crippen molar-refractivity contribution in [2.24, 2.45) is 4.99 Å². The van der Waals surface area contributed by atoms with Crippen LogP contribution >= 0.6 is 0 Å². The molecule has 0 N–H and O–H groups in total. The first kappa shape index (κ1) is 7.47. The summed E-state index contributed by atoms with van der Waals surface area (Å²) in [6.07, 6.45) is 6.24. The second-order valence-corrected chi connectivity index (χ2v) is 3.44. The average molecular weight is 161 g/mol. The van der Waals surface area contributed by atoms with Crippen LogP contribution in [0.25, 0.3) is 0 Å². The molecule has 12 heavy (non-hydrogen) atoms. The molecule has 1 aromatic rings. The van der Waals surface area contributed by atoms with Crippen molar-refractivity contribution in [2.45, 2.75) is 26.4 Å². The van der Waals surface area contributed by atoms with Gasteiger partial charge in [-0.2, -0.15) is 0 Å². The highest BCUT2D eigenvalue weighted by atomic mass is 15.0. The second kappa shape index (κ2) is 2.70. The van der Waals surface area contributed by atoms with Crippen LogP contribution < -0.4 is 4.57 Å². The van der Waals surface area contributed by atoms with Gasteiger partial charge in [-0.1, -0.05) is 0 Å². The van der Waals surface area contributed by atoms with Crippen LogP contribution in [0.2, 0.25) is 0 Å². The molecule has 2 nitrogen and oxygen atoms in total. The molecule has 2 heteroatoms. The molecule has 0 atom stereocenters. The van der Waals surface area contributed by atoms with Gasteiger partial charge in [0.15, 0.2) is 18.4 Å². The van der Waals surface area contributed by atoms with Crippen molar-refractivity contribution in [1.29, 1.82) is 0 Å². The Labute approximate surface area is 72.6 Å². The van der Waals surface area contributed by atoms with Crippen LogP contribution in [0, 0.1) is 0 Å². The van der Waals surface area contributed by atoms with E-state index in [1.165, 1.54) is 11.1 Å². The van der Waals surface area contributed by atoms with Crippen LogP contribution in [0.4, 0.5) is 0 Å². The number of nitrogens with zero attached hydrogens (tertiary/aromatic N) is 2. The molecule has 0 aliphatic carbocycles. The number of aliphatic imine (C=N–C) groups is 1. The number of rotatable bonds is 1. The molecule has 0 spiro atoms. The highest BCUT2D eigenvalue weighted by molar-refractivity contribution is 5.83. The molecule has 0 aromatic carbocycles. The van der Waals surface area contributed by atoms with E-state index in [1.807, 2.05) is 6.21 Å². The van der Waals surface area contributed by atoms with Gasteiger partial charge >= 0.3 is 0 Å². The van der Waals surface area contributed by atoms with Gasteiger partial charge in [-0.15, -0.1) is 0 Å². The SMILES string of the molecule is CC(C)[n+]1ccc2c(c1)C=NC2. The molecule has 0 radical (unpaired) electrons. The summed E-state index contributed by atoms with van der Waals surface area (Å²) in [5.74, 6) is 0. The smallest absolute Gasteiger partial charge is 0.178 e. The third-order valence-corrected chi connectivity index (χ3v) is 2.20. The summed E-state index contributed by atoms with van der Waals surface area (Å²) in [6.45, 7) is 5.21. The maximum atomic E-state index is 4.21. The number of aromatic nitrogens is 1. The number of fused-ring (bicyclic) bond motifs is 1. The maximum absolute atomic E-state index is 4.21. The van der Waals surface area contributed by atoms with E-state index < -0.39 is 0 Å². The first-order valence-corrected chi connectivity index (χ1v) is 4.31. The number of hydrogen-bond donors (Lipinski definition) is 0. The minimum atomic E-state index is 0.532. The largest absolute Gasteiger partial charge is 0.288 e. The fourth-order valence-electron chi connectivity index (χ4n) is 1.38. The zero-order chi connectivity index (χ0) is 8.55. The predicted molar refractivity (Wildman–Crippen MR) is 48.3 cm³/mol. The summed E-state index contributed by atoms with van der Waals surface area (Å²) in [5, 5.41) is 0. The standard InChI is InChI=1S/C10H13N2/c1-8(2)12-4-3-9-5-11-6-10(9)7-12/h3-4,6-8H,5H2,1-2H3/q+1. The molecule has 0 saturated heterocycles. The van der Waals surface area contributed by atoms with Crippen molar-refractivity contribution in [1.82, 2.24) is 0 Å². The second-order valence-electron chi connectivity index (χ2n) is 3.44.